The van der Waals surface area contributed by atoms with E-state index >= 15 is 0 Å². The number of amides is 1. The smallest absolute Gasteiger partial charge is 0.258 e. The van der Waals surface area contributed by atoms with Crippen molar-refractivity contribution >= 4 is 23.1 Å². The molecule has 23 heavy (non-hydrogen) atoms. The summed E-state index contributed by atoms with van der Waals surface area (Å²) in [5.74, 6) is 0.136. The van der Waals surface area contributed by atoms with E-state index in [0.717, 1.165) is 0 Å². The summed E-state index contributed by atoms with van der Waals surface area (Å²) < 4.78 is 18.5. The second-order valence-electron chi connectivity index (χ2n) is 4.84. The molecule has 6 nitrogen and oxygen atoms in total. The van der Waals surface area contributed by atoms with Gasteiger partial charge in [-0.2, -0.15) is 0 Å². The molecule has 0 fully saturated rings. The molecule has 0 spiro atoms. The average Bonchev–Trinajstić information content (AvgIpc) is 2.95. The van der Waals surface area contributed by atoms with Gasteiger partial charge in [-0.3, -0.25) is 9.78 Å². The van der Waals surface area contributed by atoms with Crippen molar-refractivity contribution < 1.29 is 13.7 Å². The van der Waals surface area contributed by atoms with Crippen LogP contribution < -0.4 is 10.6 Å². The van der Waals surface area contributed by atoms with E-state index in [2.05, 4.69) is 20.8 Å². The third-order valence-electron chi connectivity index (χ3n) is 3.02. The van der Waals surface area contributed by atoms with Crippen LogP contribution in [0, 0.1) is 12.7 Å². The Kier molecular flexibility index (Phi) is 4.01. The van der Waals surface area contributed by atoms with Crippen LogP contribution in [-0.2, 0) is 0 Å². The summed E-state index contributed by atoms with van der Waals surface area (Å²) in [7, 11) is 0. The Morgan fingerprint density at radius 2 is 2.04 bits per heavy atom. The minimum Gasteiger partial charge on any atom is -0.360 e. The topological polar surface area (TPSA) is 80.0 Å². The molecular formula is C16H13FN4O2. The minimum atomic E-state index is -0.388. The van der Waals surface area contributed by atoms with Gasteiger partial charge in [0.25, 0.3) is 5.91 Å². The Labute approximate surface area is 131 Å². The number of carbonyl (C=O) groups excluding carboxylic acids is 1. The standard InChI is InChI=1S/C16H13FN4O2/c1-10-6-15(21-23-10)20-16(22)11-7-12(9-18-8-11)19-14-5-3-2-4-13(14)17/h2-9,19H,1H3,(H,20,21,22). The molecule has 0 atom stereocenters. The van der Waals surface area contributed by atoms with Gasteiger partial charge in [0.05, 0.1) is 23.1 Å². The second-order valence-corrected chi connectivity index (χ2v) is 4.84. The van der Waals surface area contributed by atoms with Crippen molar-refractivity contribution in [2.45, 2.75) is 6.92 Å². The molecular weight excluding hydrogens is 299 g/mol. The number of aromatic nitrogens is 2. The van der Waals surface area contributed by atoms with Crippen LogP contribution in [0.2, 0.25) is 0 Å². The SMILES string of the molecule is Cc1cc(NC(=O)c2cncc(Nc3ccccc3F)c2)no1. The van der Waals surface area contributed by atoms with Crippen molar-refractivity contribution in [3.8, 4) is 0 Å². The molecule has 3 rings (SSSR count). The van der Waals surface area contributed by atoms with Crippen LogP contribution in [0.15, 0.2) is 53.3 Å². The molecule has 0 aliphatic carbocycles. The highest BCUT2D eigenvalue weighted by Gasteiger charge is 2.10. The Hall–Kier alpha value is -3.22. The maximum absolute atomic E-state index is 13.6. The number of benzene rings is 1. The molecule has 0 aliphatic rings. The van der Waals surface area contributed by atoms with E-state index in [-0.39, 0.29) is 11.7 Å². The summed E-state index contributed by atoms with van der Waals surface area (Å²) in [6.07, 6.45) is 2.91. The van der Waals surface area contributed by atoms with Gasteiger partial charge < -0.3 is 15.2 Å². The zero-order valence-corrected chi connectivity index (χ0v) is 12.2. The van der Waals surface area contributed by atoms with Crippen molar-refractivity contribution in [3.63, 3.8) is 0 Å². The summed E-state index contributed by atoms with van der Waals surface area (Å²) in [6, 6.07) is 9.43. The number of carbonyl (C=O) groups is 1. The molecule has 1 amide bonds. The first-order valence-corrected chi connectivity index (χ1v) is 6.83. The second kappa shape index (κ2) is 6.27. The maximum atomic E-state index is 13.6. The number of anilines is 3. The van der Waals surface area contributed by atoms with Gasteiger partial charge in [0, 0.05) is 12.3 Å². The largest absolute Gasteiger partial charge is 0.360 e. The molecule has 1 aromatic carbocycles. The number of hydrogen-bond acceptors (Lipinski definition) is 5. The summed E-state index contributed by atoms with van der Waals surface area (Å²) >= 11 is 0. The van der Waals surface area contributed by atoms with Gasteiger partial charge >= 0.3 is 0 Å². The molecule has 7 heteroatoms. The summed E-state index contributed by atoms with van der Waals surface area (Å²) in [4.78, 5) is 16.1. The van der Waals surface area contributed by atoms with Crippen molar-refractivity contribution in [3.05, 3.63) is 65.9 Å². The van der Waals surface area contributed by atoms with Crippen LogP contribution in [0.4, 0.5) is 21.6 Å². The molecule has 0 saturated carbocycles. The number of hydrogen-bond donors (Lipinski definition) is 2. The summed E-state index contributed by atoms with van der Waals surface area (Å²) in [5, 5.41) is 9.17. The number of aryl methyl sites for hydroxylation is 1. The molecule has 2 heterocycles. The van der Waals surface area contributed by atoms with Crippen LogP contribution in [0.3, 0.4) is 0 Å². The monoisotopic (exact) mass is 312 g/mol. The summed E-state index contributed by atoms with van der Waals surface area (Å²) in [6.45, 7) is 1.73. The molecule has 116 valence electrons. The maximum Gasteiger partial charge on any atom is 0.258 e. The lowest BCUT2D eigenvalue weighted by Crippen LogP contribution is -2.12. The normalized spacial score (nSPS) is 10.3. The average molecular weight is 312 g/mol. The van der Waals surface area contributed by atoms with E-state index in [1.807, 2.05) is 0 Å². The van der Waals surface area contributed by atoms with Crippen LogP contribution in [0.1, 0.15) is 16.1 Å². The molecule has 0 saturated heterocycles. The van der Waals surface area contributed by atoms with E-state index in [0.29, 0.717) is 28.5 Å². The number of nitrogens with zero attached hydrogens (tertiary/aromatic N) is 2. The quantitative estimate of drug-likeness (QED) is 0.770. The molecule has 0 unspecified atom stereocenters. The number of nitrogens with one attached hydrogen (secondary N) is 2. The Balaban J connectivity index is 1.77. The van der Waals surface area contributed by atoms with Crippen LogP contribution in [-0.4, -0.2) is 16.0 Å². The fourth-order valence-corrected chi connectivity index (χ4v) is 1.96. The van der Waals surface area contributed by atoms with E-state index < -0.39 is 0 Å². The predicted molar refractivity (Wildman–Crippen MR) is 83.1 cm³/mol. The van der Waals surface area contributed by atoms with Crippen LogP contribution in [0.5, 0.6) is 0 Å². The van der Waals surface area contributed by atoms with Crippen molar-refractivity contribution in [1.29, 1.82) is 0 Å². The highest BCUT2D eigenvalue weighted by atomic mass is 19.1. The number of rotatable bonds is 4. The first-order chi connectivity index (χ1) is 11.1. The lowest BCUT2D eigenvalue weighted by Gasteiger charge is -2.08. The molecule has 0 radical (unpaired) electrons. The number of pyridine rings is 1. The van der Waals surface area contributed by atoms with E-state index in [1.54, 1.807) is 37.3 Å². The summed E-state index contributed by atoms with van der Waals surface area (Å²) in [5.41, 5.74) is 1.12. The van der Waals surface area contributed by atoms with E-state index in [1.165, 1.54) is 18.5 Å². The third-order valence-corrected chi connectivity index (χ3v) is 3.02. The molecule has 2 N–H and O–H groups in total. The van der Waals surface area contributed by atoms with Gasteiger partial charge in [0.1, 0.15) is 11.6 Å². The first-order valence-electron chi connectivity index (χ1n) is 6.83. The molecule has 2 aromatic heterocycles. The zero-order chi connectivity index (χ0) is 16.2. The van der Waals surface area contributed by atoms with E-state index in [4.69, 9.17) is 4.52 Å². The van der Waals surface area contributed by atoms with E-state index in [9.17, 15) is 9.18 Å². The van der Waals surface area contributed by atoms with Gasteiger partial charge in [0.15, 0.2) is 5.82 Å². The van der Waals surface area contributed by atoms with Gasteiger partial charge in [0.2, 0.25) is 0 Å². The van der Waals surface area contributed by atoms with Gasteiger partial charge in [-0.1, -0.05) is 17.3 Å². The van der Waals surface area contributed by atoms with Gasteiger partial charge in [-0.15, -0.1) is 0 Å². The lowest BCUT2D eigenvalue weighted by atomic mass is 10.2. The van der Waals surface area contributed by atoms with Gasteiger partial charge in [-0.25, -0.2) is 4.39 Å². The van der Waals surface area contributed by atoms with Gasteiger partial charge in [-0.05, 0) is 25.1 Å². The number of para-hydroxylation sites is 1. The zero-order valence-electron chi connectivity index (χ0n) is 12.2. The fourth-order valence-electron chi connectivity index (χ4n) is 1.96. The first kappa shape index (κ1) is 14.7. The highest BCUT2D eigenvalue weighted by Crippen LogP contribution is 2.20. The number of halogens is 1. The lowest BCUT2D eigenvalue weighted by molar-refractivity contribution is 0.102. The van der Waals surface area contributed by atoms with Crippen LogP contribution >= 0.6 is 0 Å². The highest BCUT2D eigenvalue weighted by molar-refractivity contribution is 6.04. The minimum absolute atomic E-state index is 0.305. The molecule has 0 bridgehead atoms. The molecule has 0 aliphatic heterocycles. The predicted octanol–water partition coefficient (Wildman–Crippen LogP) is 3.51. The van der Waals surface area contributed by atoms with Crippen molar-refractivity contribution in [2.24, 2.45) is 0 Å². The van der Waals surface area contributed by atoms with Crippen LogP contribution in [0.25, 0.3) is 0 Å². The third kappa shape index (κ3) is 3.52. The van der Waals surface area contributed by atoms with Crippen molar-refractivity contribution in [1.82, 2.24) is 10.1 Å². The Morgan fingerprint density at radius 1 is 1.22 bits per heavy atom. The Morgan fingerprint density at radius 3 is 2.78 bits per heavy atom. The Bertz CT molecular complexity index is 847. The van der Waals surface area contributed by atoms with Crippen molar-refractivity contribution in [2.75, 3.05) is 10.6 Å². The fraction of sp³-hybridized carbons (Fsp3) is 0.0625. The molecule has 3 aromatic rings.